The average molecular weight is 541 g/mol. The molecule has 0 amide bonds. The van der Waals surface area contributed by atoms with Crippen molar-refractivity contribution in [2.75, 3.05) is 0 Å². The largest absolute Gasteiger partial charge is 0.336 e. The Balaban J connectivity index is 1.73. The van der Waals surface area contributed by atoms with Gasteiger partial charge in [-0.1, -0.05) is 84.8 Å². The van der Waals surface area contributed by atoms with E-state index >= 15 is 0 Å². The van der Waals surface area contributed by atoms with Gasteiger partial charge in [0.15, 0.2) is 0 Å². The van der Waals surface area contributed by atoms with Crippen molar-refractivity contribution < 1.29 is 4.52 Å². The molecule has 4 fully saturated rings. The molecular formula is C30H40OP4. The smallest absolute Gasteiger partial charge is 0.149 e. The molecule has 7 rings (SSSR count). The van der Waals surface area contributed by atoms with Crippen molar-refractivity contribution in [3.8, 4) is 0 Å². The highest BCUT2D eigenvalue weighted by Gasteiger charge is 3.04. The Bertz CT molecular complexity index is 1300. The minimum atomic E-state index is -0.525. The summed E-state index contributed by atoms with van der Waals surface area (Å²) in [6, 6.07) is 9.75. The molecule has 5 heterocycles. The summed E-state index contributed by atoms with van der Waals surface area (Å²) in [6.45, 7) is 29.1. The maximum absolute atomic E-state index is 7.72. The lowest BCUT2D eigenvalue weighted by Crippen LogP contribution is -2.36. The molecule has 4 saturated heterocycles. The molecule has 6 bridgehead atoms. The third-order valence-electron chi connectivity index (χ3n) is 8.61. The molecule has 0 N–H and O–H groups in total. The van der Waals surface area contributed by atoms with Crippen LogP contribution in [0.4, 0.5) is 0 Å². The molecule has 1 nitrogen and oxygen atoms in total. The zero-order valence-electron chi connectivity index (χ0n) is 23.5. The van der Waals surface area contributed by atoms with Crippen molar-refractivity contribution in [3.05, 3.63) is 68.8 Å². The molecule has 3 unspecified atom stereocenters. The lowest BCUT2D eigenvalue weighted by molar-refractivity contribution is 0.302. The van der Waals surface area contributed by atoms with Crippen molar-refractivity contribution >= 4 is 36.6 Å². The van der Waals surface area contributed by atoms with Crippen LogP contribution in [0.25, 0.3) is 0 Å². The Labute approximate surface area is 218 Å². The van der Waals surface area contributed by atoms with Crippen LogP contribution >= 0.6 is 31.6 Å². The Hall–Kier alpha value is -0.140. The van der Waals surface area contributed by atoms with Gasteiger partial charge >= 0.3 is 0 Å². The van der Waals surface area contributed by atoms with Gasteiger partial charge in [0.05, 0.1) is 17.9 Å². The number of hydrogen-bond acceptors (Lipinski definition) is 1. The second kappa shape index (κ2) is 7.08. The van der Waals surface area contributed by atoms with Crippen molar-refractivity contribution in [2.24, 2.45) is 10.8 Å². The first-order valence-electron chi connectivity index (χ1n) is 12.9. The van der Waals surface area contributed by atoms with Crippen LogP contribution in [0.2, 0.25) is 0 Å². The minimum Gasteiger partial charge on any atom is -0.336 e. The molecule has 0 radical (unpaired) electrons. The lowest BCUT2D eigenvalue weighted by Gasteiger charge is -2.42. The summed E-state index contributed by atoms with van der Waals surface area (Å²) in [5.74, 6) is 0. The van der Waals surface area contributed by atoms with Gasteiger partial charge in [0, 0.05) is 7.61 Å². The predicted octanol–water partition coefficient (Wildman–Crippen LogP) is 10.7. The van der Waals surface area contributed by atoms with Crippen molar-refractivity contribution in [2.45, 2.75) is 98.0 Å². The molecule has 0 spiro atoms. The molecule has 0 aromatic heterocycles. The monoisotopic (exact) mass is 540 g/mol. The number of aryl methyl sites for hydroxylation is 6. The fourth-order valence-corrected chi connectivity index (χ4v) is 36.0. The standard InChI is InChI=1S/C30H40OP4/c1-17-13-19(3)23(20(4)14-17)28-30(27(10,11)12)33-25(26(7,8)9)32-35(28)29(33,31-34(28)30)24-21(5)15-18(2)16-22(24)6/h13-16H,1-12H3/t28-,29-,30-,33?,34?,35?/m1/s1. The summed E-state index contributed by atoms with van der Waals surface area (Å²) in [5.41, 5.74) is 12.4. The molecule has 6 atom stereocenters. The van der Waals surface area contributed by atoms with E-state index in [0.717, 1.165) is 0 Å². The van der Waals surface area contributed by atoms with Crippen LogP contribution in [-0.2, 0) is 14.5 Å². The van der Waals surface area contributed by atoms with Gasteiger partial charge in [-0.2, -0.15) is 0 Å². The molecule has 5 aliphatic heterocycles. The summed E-state index contributed by atoms with van der Waals surface area (Å²) in [7, 11) is 0.288. The fraction of sp³-hybridized carbons (Fsp3) is 0.567. The fourth-order valence-electron chi connectivity index (χ4n) is 7.96. The van der Waals surface area contributed by atoms with Crippen LogP contribution in [0.5, 0.6) is 0 Å². The van der Waals surface area contributed by atoms with Gasteiger partial charge in [0.25, 0.3) is 0 Å². The molecule has 35 heavy (non-hydrogen) atoms. The topological polar surface area (TPSA) is 9.23 Å². The summed E-state index contributed by atoms with van der Waals surface area (Å²) in [4.78, 5) is 0.544. The van der Waals surface area contributed by atoms with Crippen molar-refractivity contribution in [3.63, 3.8) is 0 Å². The van der Waals surface area contributed by atoms with Crippen LogP contribution in [0, 0.1) is 52.4 Å². The van der Waals surface area contributed by atoms with Gasteiger partial charge in [-0.15, -0.1) is 0 Å². The summed E-state index contributed by atoms with van der Waals surface area (Å²) in [5, 5.41) is 1.79. The highest BCUT2D eigenvalue weighted by atomic mass is 32.0. The van der Waals surface area contributed by atoms with Gasteiger partial charge in [0.2, 0.25) is 0 Å². The third kappa shape index (κ3) is 2.61. The Kier molecular flexibility index (Phi) is 5.09. The molecule has 5 heteroatoms. The molecular weight excluding hydrogens is 500 g/mol. The maximum Gasteiger partial charge on any atom is 0.149 e. The number of benzene rings is 2. The molecule has 2 aromatic carbocycles. The quantitative estimate of drug-likeness (QED) is 0.344. The lowest BCUT2D eigenvalue weighted by atomic mass is 9.85. The van der Waals surface area contributed by atoms with E-state index in [1.165, 1.54) is 33.4 Å². The van der Waals surface area contributed by atoms with Gasteiger partial charge < -0.3 is 4.52 Å². The van der Waals surface area contributed by atoms with E-state index in [1.54, 1.807) is 19.0 Å². The zero-order valence-corrected chi connectivity index (χ0v) is 27.1. The van der Waals surface area contributed by atoms with E-state index in [9.17, 15) is 0 Å². The average Bonchev–Trinajstić information content (AvgIpc) is 2.95. The van der Waals surface area contributed by atoms with Crippen LogP contribution < -0.4 is 0 Å². The first kappa shape index (κ1) is 25.2. The Morgan fingerprint density at radius 3 is 1.60 bits per heavy atom. The van der Waals surface area contributed by atoms with E-state index < -0.39 is 23.7 Å². The van der Waals surface area contributed by atoms with E-state index in [1.807, 2.05) is 5.03 Å². The van der Waals surface area contributed by atoms with Gasteiger partial charge in [-0.05, 0) is 98.7 Å². The van der Waals surface area contributed by atoms with E-state index in [-0.39, 0.29) is 20.8 Å². The number of hydrogen-bond donors (Lipinski definition) is 0. The van der Waals surface area contributed by atoms with Crippen LogP contribution in [0.3, 0.4) is 0 Å². The van der Waals surface area contributed by atoms with Crippen LogP contribution in [-0.4, -0.2) is 9.93 Å². The summed E-state index contributed by atoms with van der Waals surface area (Å²) < 4.78 is 7.72. The SMILES string of the molecule is Cc1cc(C)c([C@]23OP4[C@]5(c6c(C)cc(C)cc6C)P2P=C(C(C)(C)C)P3[C@]45C(C)(C)C)c(C)c1. The van der Waals surface area contributed by atoms with Gasteiger partial charge in [0.1, 0.15) is 5.08 Å². The van der Waals surface area contributed by atoms with Crippen LogP contribution in [0.15, 0.2) is 24.3 Å². The molecule has 186 valence electrons. The van der Waals surface area contributed by atoms with E-state index in [0.29, 0.717) is 4.90 Å². The van der Waals surface area contributed by atoms with Crippen LogP contribution in [0.1, 0.15) is 86.1 Å². The van der Waals surface area contributed by atoms with E-state index in [4.69, 9.17) is 4.52 Å². The normalized spacial score (nSPS) is 37.1. The second-order valence-electron chi connectivity index (χ2n) is 13.5. The minimum absolute atomic E-state index is 0.0561. The third-order valence-corrected chi connectivity index (χ3v) is 28.0. The maximum atomic E-state index is 7.72. The molecule has 5 aliphatic rings. The van der Waals surface area contributed by atoms with Crippen molar-refractivity contribution in [1.82, 2.24) is 0 Å². The van der Waals surface area contributed by atoms with Crippen molar-refractivity contribution in [1.29, 1.82) is 0 Å². The highest BCUT2D eigenvalue weighted by Crippen LogP contribution is 3.28. The molecule has 0 saturated carbocycles. The molecule has 2 aromatic rings. The Morgan fingerprint density at radius 2 is 1.17 bits per heavy atom. The first-order chi connectivity index (χ1) is 16.1. The number of rotatable bonds is 2. The summed E-state index contributed by atoms with van der Waals surface area (Å²) in [6.07, 6.45) is 0. The zero-order chi connectivity index (χ0) is 25.7. The highest BCUT2D eigenvalue weighted by molar-refractivity contribution is 8.40. The predicted molar refractivity (Wildman–Crippen MR) is 160 cm³/mol. The second-order valence-corrected chi connectivity index (χ2v) is 23.8. The summed E-state index contributed by atoms with van der Waals surface area (Å²) >= 11 is 0. The Morgan fingerprint density at radius 1 is 0.714 bits per heavy atom. The van der Waals surface area contributed by atoms with Gasteiger partial charge in [-0.3, -0.25) is 0 Å². The molecule has 0 aliphatic carbocycles. The first-order valence-corrected chi connectivity index (χ1v) is 18.5. The van der Waals surface area contributed by atoms with Gasteiger partial charge in [-0.25, -0.2) is 0 Å². The van der Waals surface area contributed by atoms with E-state index in [2.05, 4.69) is 107 Å².